The third-order valence-electron chi connectivity index (χ3n) is 3.01. The number of nitrogens with zero attached hydrogens (tertiary/aromatic N) is 1. The number of rotatable bonds is 5. The third kappa shape index (κ3) is 3.48. The summed E-state index contributed by atoms with van der Waals surface area (Å²) < 4.78 is 0. The van der Waals surface area contributed by atoms with E-state index in [2.05, 4.69) is 29.4 Å². The Morgan fingerprint density at radius 3 is 2.75 bits per heavy atom. The molecule has 1 heterocycles. The maximum absolute atomic E-state index is 10.9. The number of carboxylic acid groups (broad SMARTS) is 1. The van der Waals surface area contributed by atoms with Crippen molar-refractivity contribution in [1.82, 2.24) is 4.98 Å². The second kappa shape index (κ2) is 6.39. The summed E-state index contributed by atoms with van der Waals surface area (Å²) in [5.41, 5.74) is 2.37. The molecule has 2 rings (SSSR count). The average molecular weight is 291 g/mol. The molecule has 0 fully saturated rings. The zero-order chi connectivity index (χ0) is 14.5. The van der Waals surface area contributed by atoms with Crippen LogP contribution in [0.2, 0.25) is 5.02 Å². The van der Waals surface area contributed by atoms with Crippen LogP contribution >= 0.6 is 11.6 Å². The Morgan fingerprint density at radius 1 is 1.30 bits per heavy atom. The average Bonchev–Trinajstić information content (AvgIpc) is 2.42. The van der Waals surface area contributed by atoms with E-state index in [9.17, 15) is 4.79 Å². The van der Waals surface area contributed by atoms with Crippen molar-refractivity contribution < 1.29 is 9.90 Å². The molecule has 4 nitrogen and oxygen atoms in total. The number of pyridine rings is 1. The first kappa shape index (κ1) is 14.3. The molecule has 0 aliphatic rings. The highest BCUT2D eigenvalue weighted by Crippen LogP contribution is 2.16. The number of hydrogen-bond acceptors (Lipinski definition) is 3. The molecule has 1 aromatic heterocycles. The molecule has 0 bridgehead atoms. The van der Waals surface area contributed by atoms with Gasteiger partial charge >= 0.3 is 5.97 Å². The van der Waals surface area contributed by atoms with Gasteiger partial charge in [-0.25, -0.2) is 9.78 Å². The molecule has 0 saturated carbocycles. The Labute approximate surface area is 122 Å². The second-order valence-corrected chi connectivity index (χ2v) is 4.84. The first-order valence-electron chi connectivity index (χ1n) is 6.26. The molecule has 0 atom stereocenters. The van der Waals surface area contributed by atoms with E-state index in [1.807, 2.05) is 12.1 Å². The molecule has 2 N–H and O–H groups in total. The van der Waals surface area contributed by atoms with Crippen LogP contribution in [0.5, 0.6) is 0 Å². The Kier molecular flexibility index (Phi) is 4.58. The first-order valence-corrected chi connectivity index (χ1v) is 6.64. The molecule has 0 radical (unpaired) electrons. The highest BCUT2D eigenvalue weighted by Gasteiger charge is 2.11. The van der Waals surface area contributed by atoms with Gasteiger partial charge in [-0.2, -0.15) is 0 Å². The standard InChI is InChI=1S/C15H15ClN2O2/c1-10-4-2-3-5-11(10)8-9-17-13-7-6-12(16)14(18-13)15(19)20/h2-7H,8-9H2,1H3,(H,17,18)(H,19,20). The summed E-state index contributed by atoms with van der Waals surface area (Å²) in [5, 5.41) is 12.2. The summed E-state index contributed by atoms with van der Waals surface area (Å²) >= 11 is 5.77. The largest absolute Gasteiger partial charge is 0.476 e. The van der Waals surface area contributed by atoms with Gasteiger partial charge in [-0.1, -0.05) is 35.9 Å². The first-order chi connectivity index (χ1) is 9.58. The van der Waals surface area contributed by atoms with E-state index >= 15 is 0 Å². The maximum atomic E-state index is 10.9. The van der Waals surface area contributed by atoms with Crippen LogP contribution in [0.15, 0.2) is 36.4 Å². The van der Waals surface area contributed by atoms with Crippen molar-refractivity contribution in [3.8, 4) is 0 Å². The molecule has 2 aromatic rings. The van der Waals surface area contributed by atoms with Gasteiger partial charge in [0.1, 0.15) is 5.82 Å². The molecular formula is C15H15ClN2O2. The van der Waals surface area contributed by atoms with E-state index < -0.39 is 5.97 Å². The van der Waals surface area contributed by atoms with Gasteiger partial charge in [-0.15, -0.1) is 0 Å². The maximum Gasteiger partial charge on any atom is 0.356 e. The van der Waals surface area contributed by atoms with Crippen LogP contribution in [0.25, 0.3) is 0 Å². The van der Waals surface area contributed by atoms with Gasteiger partial charge in [-0.3, -0.25) is 0 Å². The monoisotopic (exact) mass is 290 g/mol. The zero-order valence-corrected chi connectivity index (χ0v) is 11.8. The van der Waals surface area contributed by atoms with Crippen molar-refractivity contribution in [2.45, 2.75) is 13.3 Å². The molecular weight excluding hydrogens is 276 g/mol. The van der Waals surface area contributed by atoms with Crippen LogP contribution in [0.3, 0.4) is 0 Å². The Morgan fingerprint density at radius 2 is 2.05 bits per heavy atom. The van der Waals surface area contributed by atoms with Crippen LogP contribution in [0, 0.1) is 6.92 Å². The molecule has 0 aliphatic heterocycles. The number of aromatic carboxylic acids is 1. The minimum Gasteiger partial charge on any atom is -0.476 e. The normalized spacial score (nSPS) is 10.3. The van der Waals surface area contributed by atoms with Crippen molar-refractivity contribution in [3.05, 3.63) is 58.2 Å². The van der Waals surface area contributed by atoms with Gasteiger partial charge in [0.05, 0.1) is 5.02 Å². The molecule has 0 unspecified atom stereocenters. The Balaban J connectivity index is 2.00. The van der Waals surface area contributed by atoms with Gasteiger partial charge in [0.25, 0.3) is 0 Å². The van der Waals surface area contributed by atoms with E-state index in [0.29, 0.717) is 12.4 Å². The lowest BCUT2D eigenvalue weighted by Crippen LogP contribution is -2.09. The molecule has 0 aliphatic carbocycles. The fourth-order valence-electron chi connectivity index (χ4n) is 1.91. The van der Waals surface area contributed by atoms with Crippen LogP contribution in [-0.2, 0) is 6.42 Å². The van der Waals surface area contributed by atoms with Crippen molar-refractivity contribution in [1.29, 1.82) is 0 Å². The number of anilines is 1. The van der Waals surface area contributed by atoms with Gasteiger partial charge in [0.15, 0.2) is 5.69 Å². The lowest BCUT2D eigenvalue weighted by atomic mass is 10.1. The minimum absolute atomic E-state index is 0.132. The Bertz CT molecular complexity index is 629. The number of carboxylic acids is 1. The van der Waals surface area contributed by atoms with Crippen molar-refractivity contribution in [3.63, 3.8) is 0 Å². The van der Waals surface area contributed by atoms with Crippen molar-refractivity contribution >= 4 is 23.4 Å². The summed E-state index contributed by atoms with van der Waals surface area (Å²) in [6.45, 7) is 2.75. The summed E-state index contributed by atoms with van der Waals surface area (Å²) in [6, 6.07) is 11.4. The highest BCUT2D eigenvalue weighted by atomic mass is 35.5. The van der Waals surface area contributed by atoms with E-state index in [-0.39, 0.29) is 10.7 Å². The number of aryl methyl sites for hydroxylation is 1. The lowest BCUT2D eigenvalue weighted by molar-refractivity contribution is 0.0691. The summed E-state index contributed by atoms with van der Waals surface area (Å²) in [4.78, 5) is 14.9. The summed E-state index contributed by atoms with van der Waals surface area (Å²) in [7, 11) is 0. The summed E-state index contributed by atoms with van der Waals surface area (Å²) in [6.07, 6.45) is 0.847. The SMILES string of the molecule is Cc1ccccc1CCNc1ccc(Cl)c(C(=O)O)n1. The lowest BCUT2D eigenvalue weighted by Gasteiger charge is -2.08. The molecule has 1 aromatic carbocycles. The molecule has 5 heteroatoms. The quantitative estimate of drug-likeness (QED) is 0.886. The van der Waals surface area contributed by atoms with E-state index in [0.717, 1.165) is 6.42 Å². The minimum atomic E-state index is -1.13. The number of benzene rings is 1. The molecule has 0 spiro atoms. The third-order valence-corrected chi connectivity index (χ3v) is 3.32. The van der Waals surface area contributed by atoms with E-state index in [4.69, 9.17) is 16.7 Å². The number of halogens is 1. The molecule has 0 saturated heterocycles. The zero-order valence-electron chi connectivity index (χ0n) is 11.1. The molecule has 0 amide bonds. The highest BCUT2D eigenvalue weighted by molar-refractivity contribution is 6.33. The predicted molar refractivity (Wildman–Crippen MR) is 79.6 cm³/mol. The van der Waals surface area contributed by atoms with Gasteiger partial charge in [-0.05, 0) is 36.6 Å². The van der Waals surface area contributed by atoms with Crippen LogP contribution < -0.4 is 5.32 Å². The van der Waals surface area contributed by atoms with Gasteiger partial charge < -0.3 is 10.4 Å². The molecule has 104 valence electrons. The molecule has 20 heavy (non-hydrogen) atoms. The Hall–Kier alpha value is -2.07. The van der Waals surface area contributed by atoms with E-state index in [1.54, 1.807) is 6.07 Å². The number of carbonyl (C=O) groups is 1. The van der Waals surface area contributed by atoms with Crippen molar-refractivity contribution in [2.24, 2.45) is 0 Å². The number of nitrogens with one attached hydrogen (secondary N) is 1. The predicted octanol–water partition coefficient (Wildman–Crippen LogP) is 3.40. The fourth-order valence-corrected chi connectivity index (χ4v) is 2.09. The van der Waals surface area contributed by atoms with Crippen LogP contribution in [0.4, 0.5) is 5.82 Å². The fraction of sp³-hybridized carbons (Fsp3) is 0.200. The summed E-state index contributed by atoms with van der Waals surface area (Å²) in [5.74, 6) is -0.613. The number of aromatic nitrogens is 1. The topological polar surface area (TPSA) is 62.2 Å². The smallest absolute Gasteiger partial charge is 0.356 e. The van der Waals surface area contributed by atoms with Crippen LogP contribution in [-0.4, -0.2) is 22.6 Å². The van der Waals surface area contributed by atoms with Gasteiger partial charge in [0, 0.05) is 6.54 Å². The van der Waals surface area contributed by atoms with Gasteiger partial charge in [0.2, 0.25) is 0 Å². The van der Waals surface area contributed by atoms with Crippen LogP contribution in [0.1, 0.15) is 21.6 Å². The number of hydrogen-bond donors (Lipinski definition) is 2. The van der Waals surface area contributed by atoms with Crippen molar-refractivity contribution in [2.75, 3.05) is 11.9 Å². The van der Waals surface area contributed by atoms with E-state index in [1.165, 1.54) is 17.2 Å². The second-order valence-electron chi connectivity index (χ2n) is 4.44.